The molecule has 0 aliphatic rings. The number of hydrogen-bond acceptors (Lipinski definition) is 2. The van der Waals surface area contributed by atoms with Crippen LogP contribution in [-0.4, -0.2) is 0 Å². The lowest BCUT2D eigenvalue weighted by molar-refractivity contribution is 0.644. The Morgan fingerprint density at radius 3 is 1.67 bits per heavy atom. The van der Waals surface area contributed by atoms with Gasteiger partial charge in [0.15, 0.2) is 0 Å². The molecule has 0 fully saturated rings. The topological polar surface area (TPSA) is 26.3 Å². The van der Waals surface area contributed by atoms with E-state index in [1.54, 1.807) is 0 Å². The van der Waals surface area contributed by atoms with Crippen molar-refractivity contribution in [2.45, 2.75) is 13.8 Å². The Balaban J connectivity index is 2.74. The maximum Gasteiger partial charge on any atom is 0.213 e. The summed E-state index contributed by atoms with van der Waals surface area (Å²) in [5.41, 5.74) is 4.29. The number of rotatable bonds is 0. The molecular weight excluding hydrogens is 243 g/mol. The van der Waals surface area contributed by atoms with Gasteiger partial charge in [0.05, 0.1) is 0 Å². The summed E-state index contributed by atoms with van der Waals surface area (Å²) in [5.74, 6) is 0. The summed E-state index contributed by atoms with van der Waals surface area (Å²) < 4.78 is 11.8. The molecule has 0 unspecified atom stereocenters. The molecular formula is C15H15O2P. The van der Waals surface area contributed by atoms with Crippen LogP contribution in [0.3, 0.4) is 0 Å². The minimum absolute atomic E-state index is 0.916. The number of fused-ring (bicyclic) bond motifs is 3. The van der Waals surface area contributed by atoms with Crippen LogP contribution in [-0.2, 0) is 6.66 Å². The van der Waals surface area contributed by atoms with Crippen LogP contribution in [0.25, 0.3) is 21.9 Å². The van der Waals surface area contributed by atoms with E-state index >= 15 is 0 Å². The van der Waals surface area contributed by atoms with Gasteiger partial charge in [0, 0.05) is 17.4 Å². The van der Waals surface area contributed by atoms with Crippen molar-refractivity contribution in [3.8, 4) is 0 Å². The molecule has 0 aliphatic carbocycles. The van der Waals surface area contributed by atoms with Crippen LogP contribution in [0.4, 0.5) is 0 Å². The Labute approximate surface area is 107 Å². The largest absolute Gasteiger partial charge is 0.419 e. The lowest BCUT2D eigenvalue weighted by Crippen LogP contribution is -1.80. The van der Waals surface area contributed by atoms with Crippen molar-refractivity contribution in [3.63, 3.8) is 0 Å². The zero-order chi connectivity index (χ0) is 12.7. The van der Waals surface area contributed by atoms with Gasteiger partial charge in [0.1, 0.15) is 11.2 Å². The predicted molar refractivity (Wildman–Crippen MR) is 76.8 cm³/mol. The van der Waals surface area contributed by atoms with Crippen LogP contribution in [0.1, 0.15) is 11.1 Å². The minimum atomic E-state index is -0.916. The lowest BCUT2D eigenvalue weighted by Gasteiger charge is -2.02. The predicted octanol–water partition coefficient (Wildman–Crippen LogP) is 5.44. The molecule has 1 heterocycles. The third-order valence-corrected chi connectivity index (χ3v) is 4.08. The summed E-state index contributed by atoms with van der Waals surface area (Å²) in [5, 5.41) is 2.33. The van der Waals surface area contributed by atoms with Gasteiger partial charge in [-0.2, -0.15) is 0 Å². The molecule has 0 bridgehead atoms. The van der Waals surface area contributed by atoms with Crippen LogP contribution < -0.4 is 0 Å². The highest BCUT2D eigenvalue weighted by Crippen LogP contribution is 2.35. The Bertz CT molecular complexity index is 708. The highest BCUT2D eigenvalue weighted by molar-refractivity contribution is 7.35. The summed E-state index contributed by atoms with van der Waals surface area (Å²) in [4.78, 5) is 0. The van der Waals surface area contributed by atoms with Crippen LogP contribution in [0, 0.1) is 13.8 Å². The van der Waals surface area contributed by atoms with Crippen molar-refractivity contribution in [2.75, 3.05) is 0 Å². The summed E-state index contributed by atoms with van der Waals surface area (Å²) in [6.45, 7) is 6.21. The first-order chi connectivity index (χ1) is 8.66. The second-order valence-electron chi connectivity index (χ2n) is 4.52. The normalized spacial score (nSPS) is 11.1. The average Bonchev–Trinajstić information content (AvgIpc) is 2.46. The van der Waals surface area contributed by atoms with Gasteiger partial charge in [0.2, 0.25) is 8.01 Å². The highest BCUT2D eigenvalue weighted by Gasteiger charge is 2.08. The Hall–Kier alpha value is -1.66. The van der Waals surface area contributed by atoms with Crippen LogP contribution in [0.5, 0.6) is 0 Å². The molecule has 92 valence electrons. The van der Waals surface area contributed by atoms with Gasteiger partial charge in [-0.3, -0.25) is 0 Å². The first-order valence-electron chi connectivity index (χ1n) is 5.96. The molecule has 2 nitrogen and oxygen atoms in total. The fourth-order valence-electron chi connectivity index (χ4n) is 2.37. The molecule has 0 radical (unpaired) electrons. The van der Waals surface area contributed by atoms with Crippen molar-refractivity contribution < 1.29 is 8.39 Å². The van der Waals surface area contributed by atoms with E-state index in [2.05, 4.69) is 26.0 Å². The number of aryl methyl sites for hydroxylation is 3. The van der Waals surface area contributed by atoms with E-state index in [4.69, 9.17) is 8.39 Å². The molecule has 1 aromatic heterocycles. The minimum Gasteiger partial charge on any atom is -0.419 e. The summed E-state index contributed by atoms with van der Waals surface area (Å²) in [6.07, 6.45) is 0. The smallest absolute Gasteiger partial charge is 0.213 e. The monoisotopic (exact) mass is 258 g/mol. The summed E-state index contributed by atoms with van der Waals surface area (Å²) >= 11 is 0. The lowest BCUT2D eigenvalue weighted by atomic mass is 10.0. The standard InChI is InChI=1S/C15H15O2P/c1-10-6-4-8-12-14(10)15-11(2)7-5-9-13(15)17-18(3)16-12/h4-9H,1-3H3. The van der Waals surface area contributed by atoms with E-state index in [0.717, 1.165) is 21.9 Å². The Morgan fingerprint density at radius 1 is 0.778 bits per heavy atom. The van der Waals surface area contributed by atoms with Gasteiger partial charge >= 0.3 is 0 Å². The maximum atomic E-state index is 5.92. The quantitative estimate of drug-likeness (QED) is 0.536. The van der Waals surface area contributed by atoms with Crippen molar-refractivity contribution in [3.05, 3.63) is 47.5 Å². The molecule has 0 aliphatic heterocycles. The van der Waals surface area contributed by atoms with Gasteiger partial charge < -0.3 is 8.39 Å². The molecule has 0 saturated heterocycles. The molecule has 3 heteroatoms. The van der Waals surface area contributed by atoms with Gasteiger partial charge in [-0.15, -0.1) is 0 Å². The molecule has 3 aromatic rings. The van der Waals surface area contributed by atoms with Crippen molar-refractivity contribution in [1.29, 1.82) is 0 Å². The van der Waals surface area contributed by atoms with Crippen LogP contribution >= 0.6 is 8.01 Å². The SMILES string of the molecule is Cc1cccc2op(C)oc3cccc(C)c3c12. The molecule has 0 spiro atoms. The molecule has 0 atom stereocenters. The van der Waals surface area contributed by atoms with Crippen LogP contribution in [0.15, 0.2) is 44.8 Å². The second kappa shape index (κ2) is 4.22. The zero-order valence-electron chi connectivity index (χ0n) is 10.7. The first-order valence-corrected chi connectivity index (χ1v) is 7.58. The van der Waals surface area contributed by atoms with Gasteiger partial charge in [-0.1, -0.05) is 24.3 Å². The number of benzene rings is 2. The average molecular weight is 258 g/mol. The fraction of sp³-hybridized carbons (Fsp3) is 0.200. The van der Waals surface area contributed by atoms with E-state index in [0.29, 0.717) is 0 Å². The molecule has 0 saturated carbocycles. The van der Waals surface area contributed by atoms with E-state index in [9.17, 15) is 0 Å². The third-order valence-electron chi connectivity index (χ3n) is 3.17. The fourth-order valence-corrected chi connectivity index (χ4v) is 3.27. The van der Waals surface area contributed by atoms with Gasteiger partial charge in [-0.05, 0) is 37.1 Å². The number of hydrogen-bond donors (Lipinski definition) is 0. The van der Waals surface area contributed by atoms with Gasteiger partial charge in [-0.25, -0.2) is 0 Å². The highest BCUT2D eigenvalue weighted by atomic mass is 31.1. The molecule has 0 N–H and O–H groups in total. The summed E-state index contributed by atoms with van der Waals surface area (Å²) in [6, 6.07) is 12.3. The second-order valence-corrected chi connectivity index (χ2v) is 5.76. The summed E-state index contributed by atoms with van der Waals surface area (Å²) in [7, 11) is -0.916. The molecule has 2 aromatic carbocycles. The molecule has 0 amide bonds. The van der Waals surface area contributed by atoms with Gasteiger partial charge in [0.25, 0.3) is 0 Å². The van der Waals surface area contributed by atoms with Crippen LogP contribution in [0.2, 0.25) is 0 Å². The Morgan fingerprint density at radius 2 is 1.22 bits per heavy atom. The van der Waals surface area contributed by atoms with Crippen molar-refractivity contribution >= 4 is 30.0 Å². The molecule has 18 heavy (non-hydrogen) atoms. The Kier molecular flexibility index (Phi) is 2.68. The van der Waals surface area contributed by atoms with E-state index in [-0.39, 0.29) is 0 Å². The van der Waals surface area contributed by atoms with E-state index in [1.165, 1.54) is 11.1 Å². The van der Waals surface area contributed by atoms with Crippen molar-refractivity contribution in [2.24, 2.45) is 6.66 Å². The van der Waals surface area contributed by atoms with E-state index < -0.39 is 8.01 Å². The van der Waals surface area contributed by atoms with E-state index in [1.807, 2.05) is 30.9 Å². The first kappa shape index (κ1) is 11.4. The third kappa shape index (κ3) is 1.74. The zero-order valence-corrected chi connectivity index (χ0v) is 11.6. The van der Waals surface area contributed by atoms with Crippen molar-refractivity contribution in [1.82, 2.24) is 0 Å². The molecule has 3 rings (SSSR count). The maximum absolute atomic E-state index is 5.92.